The highest BCUT2D eigenvalue weighted by Gasteiger charge is 2.14. The van der Waals surface area contributed by atoms with E-state index in [9.17, 15) is 0 Å². The second-order valence-corrected chi connectivity index (χ2v) is 4.97. The van der Waals surface area contributed by atoms with Gasteiger partial charge in [-0.2, -0.15) is 4.40 Å². The van der Waals surface area contributed by atoms with Crippen LogP contribution >= 0.6 is 22.9 Å². The van der Waals surface area contributed by atoms with Crippen LogP contribution in [0.4, 0.5) is 0 Å². The lowest BCUT2D eigenvalue weighted by Crippen LogP contribution is -2.17. The van der Waals surface area contributed by atoms with Gasteiger partial charge in [-0.05, 0) is 13.0 Å². The number of aromatic amines is 1. The largest absolute Gasteiger partial charge is 0.287 e. The van der Waals surface area contributed by atoms with Gasteiger partial charge in [0.05, 0.1) is 11.2 Å². The van der Waals surface area contributed by atoms with Crippen molar-refractivity contribution in [3.05, 3.63) is 34.3 Å². The molecule has 3 aromatic heterocycles. The third-order valence-corrected chi connectivity index (χ3v) is 3.52. The summed E-state index contributed by atoms with van der Waals surface area (Å²) < 4.78 is 2.12. The van der Waals surface area contributed by atoms with Crippen molar-refractivity contribution < 1.29 is 4.40 Å². The van der Waals surface area contributed by atoms with E-state index in [0.717, 1.165) is 10.7 Å². The Kier molecular flexibility index (Phi) is 1.60. The SMILES string of the molecule is Cc1cc2[nH]c3cc(Cl)cc[n+]3c2s1. The van der Waals surface area contributed by atoms with Crippen LogP contribution in [0, 0.1) is 6.92 Å². The van der Waals surface area contributed by atoms with Crippen LogP contribution in [0.2, 0.25) is 5.02 Å². The van der Waals surface area contributed by atoms with E-state index in [0.29, 0.717) is 0 Å². The van der Waals surface area contributed by atoms with Crippen LogP contribution in [0.3, 0.4) is 0 Å². The molecule has 0 spiro atoms. The van der Waals surface area contributed by atoms with Crippen LogP contribution < -0.4 is 4.40 Å². The number of thiophene rings is 1. The number of nitrogens with one attached hydrogen (secondary N) is 1. The highest BCUT2D eigenvalue weighted by atomic mass is 35.5. The lowest BCUT2D eigenvalue weighted by atomic mass is 10.5. The third-order valence-electron chi connectivity index (χ3n) is 2.23. The van der Waals surface area contributed by atoms with Gasteiger partial charge in [-0.25, -0.2) is 4.98 Å². The van der Waals surface area contributed by atoms with Gasteiger partial charge in [0, 0.05) is 17.0 Å². The number of nitrogens with zero attached hydrogens (tertiary/aromatic N) is 1. The predicted octanol–water partition coefficient (Wildman–Crippen LogP) is 2.93. The maximum Gasteiger partial charge on any atom is 0.287 e. The molecule has 3 heterocycles. The molecule has 0 aliphatic carbocycles. The van der Waals surface area contributed by atoms with E-state index in [1.807, 2.05) is 18.3 Å². The molecular formula is C10H8ClN2S+. The summed E-state index contributed by atoms with van der Waals surface area (Å²) in [5.74, 6) is 0. The monoisotopic (exact) mass is 223 g/mol. The number of aromatic nitrogens is 2. The lowest BCUT2D eigenvalue weighted by molar-refractivity contribution is -0.478. The van der Waals surface area contributed by atoms with E-state index in [4.69, 9.17) is 11.6 Å². The molecular weight excluding hydrogens is 216 g/mol. The Labute approximate surface area is 89.8 Å². The highest BCUT2D eigenvalue weighted by molar-refractivity contribution is 7.18. The van der Waals surface area contributed by atoms with Crippen LogP contribution in [0.1, 0.15) is 4.88 Å². The lowest BCUT2D eigenvalue weighted by Gasteiger charge is -1.86. The number of halogens is 1. The molecule has 0 aliphatic rings. The van der Waals surface area contributed by atoms with Gasteiger partial charge in [0.2, 0.25) is 4.83 Å². The second kappa shape index (κ2) is 2.72. The Bertz CT molecular complexity index is 620. The van der Waals surface area contributed by atoms with Crippen molar-refractivity contribution >= 4 is 38.9 Å². The van der Waals surface area contributed by atoms with Crippen molar-refractivity contribution in [2.24, 2.45) is 0 Å². The molecule has 1 N–H and O–H groups in total. The summed E-state index contributed by atoms with van der Waals surface area (Å²) in [5.41, 5.74) is 2.22. The molecule has 0 bridgehead atoms. The molecule has 0 fully saturated rings. The standard InChI is InChI=1S/C10H7ClN2S/c1-6-4-8-10(14-6)13-3-2-7(11)5-9(13)12-8/h2-5H,1H3/p+1. The van der Waals surface area contributed by atoms with Crippen molar-refractivity contribution in [3.63, 3.8) is 0 Å². The average Bonchev–Trinajstić information content (AvgIpc) is 2.59. The highest BCUT2D eigenvalue weighted by Crippen LogP contribution is 2.22. The zero-order valence-corrected chi connectivity index (χ0v) is 9.12. The molecule has 0 atom stereocenters. The van der Waals surface area contributed by atoms with Gasteiger partial charge in [-0.3, -0.25) is 0 Å². The average molecular weight is 224 g/mol. The van der Waals surface area contributed by atoms with E-state index in [1.165, 1.54) is 15.2 Å². The first kappa shape index (κ1) is 8.26. The Hall–Kier alpha value is -1.06. The fraction of sp³-hybridized carbons (Fsp3) is 0.100. The van der Waals surface area contributed by atoms with Gasteiger partial charge >= 0.3 is 0 Å². The summed E-state index contributed by atoms with van der Waals surface area (Å²) in [6.45, 7) is 2.11. The van der Waals surface area contributed by atoms with E-state index < -0.39 is 0 Å². The molecule has 3 rings (SSSR count). The number of hydrogen-bond acceptors (Lipinski definition) is 1. The molecule has 0 saturated heterocycles. The molecule has 2 nitrogen and oxygen atoms in total. The fourth-order valence-corrected chi connectivity index (χ4v) is 2.78. The first-order valence-corrected chi connectivity index (χ1v) is 5.52. The summed E-state index contributed by atoms with van der Waals surface area (Å²) in [4.78, 5) is 5.89. The van der Waals surface area contributed by atoms with Crippen molar-refractivity contribution in [1.82, 2.24) is 4.98 Å². The summed E-state index contributed by atoms with van der Waals surface area (Å²) in [6, 6.07) is 5.99. The molecule has 0 saturated carbocycles. The second-order valence-electron chi connectivity index (χ2n) is 3.30. The van der Waals surface area contributed by atoms with Gasteiger partial charge in [0.15, 0.2) is 5.52 Å². The van der Waals surface area contributed by atoms with Crippen LogP contribution in [0.15, 0.2) is 24.4 Å². The fourth-order valence-electron chi connectivity index (χ4n) is 1.66. The number of H-pyrrole nitrogens is 1. The molecule has 0 unspecified atom stereocenters. The molecule has 0 aliphatic heterocycles. The number of imidazole rings is 1. The van der Waals surface area contributed by atoms with Crippen LogP contribution in [-0.2, 0) is 0 Å². The summed E-state index contributed by atoms with van der Waals surface area (Å²) >= 11 is 7.70. The quantitative estimate of drug-likeness (QED) is 0.566. The Morgan fingerprint density at radius 2 is 2.29 bits per heavy atom. The number of aryl methyl sites for hydroxylation is 1. The van der Waals surface area contributed by atoms with Gasteiger partial charge in [0.25, 0.3) is 5.65 Å². The van der Waals surface area contributed by atoms with Crippen molar-refractivity contribution in [2.75, 3.05) is 0 Å². The first-order valence-electron chi connectivity index (χ1n) is 4.33. The Balaban J connectivity index is 2.52. The predicted molar refractivity (Wildman–Crippen MR) is 59.1 cm³/mol. The maximum atomic E-state index is 5.91. The summed E-state index contributed by atoms with van der Waals surface area (Å²) in [7, 11) is 0. The Morgan fingerprint density at radius 1 is 1.43 bits per heavy atom. The van der Waals surface area contributed by atoms with E-state index in [-0.39, 0.29) is 0 Å². The normalized spacial score (nSPS) is 11.6. The maximum absolute atomic E-state index is 5.91. The van der Waals surface area contributed by atoms with E-state index >= 15 is 0 Å². The van der Waals surface area contributed by atoms with Gasteiger partial charge in [-0.15, -0.1) is 0 Å². The Morgan fingerprint density at radius 3 is 3.14 bits per heavy atom. The zero-order valence-electron chi connectivity index (χ0n) is 7.54. The van der Waals surface area contributed by atoms with Crippen molar-refractivity contribution in [1.29, 1.82) is 0 Å². The van der Waals surface area contributed by atoms with Gasteiger partial charge < -0.3 is 0 Å². The zero-order chi connectivity index (χ0) is 9.71. The molecule has 3 aromatic rings. The molecule has 70 valence electrons. The molecule has 0 aromatic carbocycles. The van der Waals surface area contributed by atoms with Gasteiger partial charge in [-0.1, -0.05) is 22.9 Å². The first-order chi connectivity index (χ1) is 6.74. The third kappa shape index (κ3) is 1.06. The van der Waals surface area contributed by atoms with E-state index in [1.54, 1.807) is 11.3 Å². The minimum absolute atomic E-state index is 0.760. The smallest absolute Gasteiger partial charge is 0.236 e. The van der Waals surface area contributed by atoms with Gasteiger partial charge in [0.1, 0.15) is 0 Å². The molecule has 4 heteroatoms. The summed E-state index contributed by atoms with van der Waals surface area (Å²) in [6.07, 6.45) is 1.99. The molecule has 14 heavy (non-hydrogen) atoms. The van der Waals surface area contributed by atoms with E-state index in [2.05, 4.69) is 22.4 Å². The van der Waals surface area contributed by atoms with Crippen molar-refractivity contribution in [3.8, 4) is 0 Å². The topological polar surface area (TPSA) is 19.9 Å². The van der Waals surface area contributed by atoms with Crippen LogP contribution in [0.5, 0.6) is 0 Å². The van der Waals surface area contributed by atoms with Crippen LogP contribution in [0.25, 0.3) is 16.0 Å². The number of rotatable bonds is 0. The number of hydrogen-bond donors (Lipinski definition) is 1. The summed E-state index contributed by atoms with van der Waals surface area (Å²) in [5, 5.41) is 0.760. The minimum atomic E-state index is 0.760. The van der Waals surface area contributed by atoms with Crippen LogP contribution in [-0.4, -0.2) is 4.98 Å². The number of fused-ring (bicyclic) bond motifs is 3. The minimum Gasteiger partial charge on any atom is -0.236 e. The molecule has 0 radical (unpaired) electrons. The van der Waals surface area contributed by atoms with Crippen molar-refractivity contribution in [2.45, 2.75) is 6.92 Å². The molecule has 0 amide bonds. The number of pyridine rings is 1.